The summed E-state index contributed by atoms with van der Waals surface area (Å²) in [5.41, 5.74) is 0. The van der Waals surface area contributed by atoms with Crippen LogP contribution in [0.3, 0.4) is 0 Å². The normalized spacial score (nSPS) is 44.0. The molecule has 2 rings (SSSR count). The minimum atomic E-state index is 0.501. The summed E-state index contributed by atoms with van der Waals surface area (Å²) in [4.78, 5) is 0. The van der Waals surface area contributed by atoms with Crippen molar-refractivity contribution in [3.8, 4) is 0 Å². The molecule has 2 unspecified atom stereocenters. The maximum Gasteiger partial charge on any atom is 0.0617 e. The van der Waals surface area contributed by atoms with E-state index >= 15 is 0 Å². The Bertz CT molecular complexity index is 147. The van der Waals surface area contributed by atoms with Gasteiger partial charge in [0, 0.05) is 25.1 Å². The molecule has 3 nitrogen and oxygen atoms in total. The highest BCUT2D eigenvalue weighted by Crippen LogP contribution is 2.29. The zero-order valence-electron chi connectivity index (χ0n) is 7.70. The molecule has 2 aliphatic heterocycles. The second-order valence-corrected chi connectivity index (χ2v) is 4.09. The predicted octanol–water partition coefficient (Wildman–Crippen LogP) is 0.750. The minimum absolute atomic E-state index is 0.501. The topological polar surface area (TPSA) is 38.5 Å². The van der Waals surface area contributed by atoms with Crippen LogP contribution in [0.2, 0.25) is 0 Å². The lowest BCUT2D eigenvalue weighted by Gasteiger charge is -2.16. The van der Waals surface area contributed by atoms with Crippen LogP contribution in [0.4, 0.5) is 0 Å². The van der Waals surface area contributed by atoms with Crippen molar-refractivity contribution in [2.45, 2.75) is 38.3 Å². The van der Waals surface area contributed by atoms with Crippen molar-refractivity contribution in [1.82, 2.24) is 5.01 Å². The first kappa shape index (κ1) is 8.48. The Hall–Kier alpha value is -0.120. The number of hydrazine groups is 1. The summed E-state index contributed by atoms with van der Waals surface area (Å²) >= 11 is 0. The monoisotopic (exact) mass is 170 g/mol. The van der Waals surface area contributed by atoms with E-state index in [1.165, 1.54) is 19.3 Å². The van der Waals surface area contributed by atoms with Crippen LogP contribution in [0, 0.1) is 5.92 Å². The van der Waals surface area contributed by atoms with Gasteiger partial charge in [0.15, 0.2) is 0 Å². The van der Waals surface area contributed by atoms with Crippen LogP contribution < -0.4 is 5.84 Å². The van der Waals surface area contributed by atoms with E-state index < -0.39 is 0 Å². The Balaban J connectivity index is 1.89. The lowest BCUT2D eigenvalue weighted by molar-refractivity contribution is 0.0657. The minimum Gasteiger partial charge on any atom is -0.378 e. The Kier molecular flexibility index (Phi) is 2.35. The third-order valence-electron chi connectivity index (χ3n) is 3.15. The average molecular weight is 170 g/mol. The van der Waals surface area contributed by atoms with Gasteiger partial charge in [0.1, 0.15) is 0 Å². The number of ether oxygens (including phenoxy) is 1. The van der Waals surface area contributed by atoms with Crippen LogP contribution >= 0.6 is 0 Å². The molecule has 2 heterocycles. The maximum atomic E-state index is 5.81. The van der Waals surface area contributed by atoms with Gasteiger partial charge in [-0.2, -0.15) is 0 Å². The van der Waals surface area contributed by atoms with Crippen molar-refractivity contribution in [2.24, 2.45) is 11.8 Å². The van der Waals surface area contributed by atoms with Crippen molar-refractivity contribution >= 4 is 0 Å². The van der Waals surface area contributed by atoms with Crippen LogP contribution in [0.15, 0.2) is 0 Å². The molecular formula is C9H18N2O. The zero-order chi connectivity index (χ0) is 8.55. The molecule has 0 aliphatic carbocycles. The van der Waals surface area contributed by atoms with Gasteiger partial charge in [0.25, 0.3) is 0 Å². The third kappa shape index (κ3) is 1.49. The summed E-state index contributed by atoms with van der Waals surface area (Å²) in [6.45, 7) is 4.17. The first-order valence-electron chi connectivity index (χ1n) is 4.90. The molecule has 2 aliphatic rings. The van der Waals surface area contributed by atoms with Crippen molar-refractivity contribution in [2.75, 3.05) is 13.2 Å². The molecule has 2 saturated heterocycles. The van der Waals surface area contributed by atoms with Gasteiger partial charge < -0.3 is 4.74 Å². The van der Waals surface area contributed by atoms with Crippen molar-refractivity contribution in [1.29, 1.82) is 0 Å². The first-order valence-corrected chi connectivity index (χ1v) is 4.90. The summed E-state index contributed by atoms with van der Waals surface area (Å²) in [6.07, 6.45) is 4.19. The SMILES string of the molecule is C[C@@H]1CC(C2CCCO2)CN1N. The van der Waals surface area contributed by atoms with Gasteiger partial charge in [-0.25, -0.2) is 5.01 Å². The van der Waals surface area contributed by atoms with E-state index in [0.29, 0.717) is 18.1 Å². The Morgan fingerprint density at radius 3 is 2.83 bits per heavy atom. The number of nitrogens with two attached hydrogens (primary N) is 1. The summed E-state index contributed by atoms with van der Waals surface area (Å²) in [7, 11) is 0. The van der Waals surface area contributed by atoms with E-state index in [1.807, 2.05) is 5.01 Å². The van der Waals surface area contributed by atoms with E-state index in [0.717, 1.165) is 13.2 Å². The summed E-state index contributed by atoms with van der Waals surface area (Å²) in [5, 5.41) is 1.95. The third-order valence-corrected chi connectivity index (χ3v) is 3.15. The number of rotatable bonds is 1. The van der Waals surface area contributed by atoms with Gasteiger partial charge in [0.2, 0.25) is 0 Å². The predicted molar refractivity (Wildman–Crippen MR) is 47.4 cm³/mol. The van der Waals surface area contributed by atoms with Gasteiger partial charge in [-0.05, 0) is 26.2 Å². The fraction of sp³-hybridized carbons (Fsp3) is 1.00. The Labute approximate surface area is 73.8 Å². The average Bonchev–Trinajstić information content (AvgIpc) is 2.61. The van der Waals surface area contributed by atoms with Crippen molar-refractivity contribution < 1.29 is 4.74 Å². The Morgan fingerprint density at radius 1 is 1.50 bits per heavy atom. The van der Waals surface area contributed by atoms with Crippen LogP contribution in [-0.4, -0.2) is 30.3 Å². The lowest BCUT2D eigenvalue weighted by Crippen LogP contribution is -2.34. The molecule has 2 N–H and O–H groups in total. The molecule has 0 radical (unpaired) electrons. The van der Waals surface area contributed by atoms with Crippen LogP contribution in [0.25, 0.3) is 0 Å². The quantitative estimate of drug-likeness (QED) is 0.590. The number of hydrogen-bond donors (Lipinski definition) is 1. The Morgan fingerprint density at radius 2 is 2.33 bits per heavy atom. The molecule has 0 aromatic heterocycles. The van der Waals surface area contributed by atoms with Gasteiger partial charge >= 0.3 is 0 Å². The van der Waals surface area contributed by atoms with Crippen LogP contribution in [0.1, 0.15) is 26.2 Å². The first-order chi connectivity index (χ1) is 5.77. The molecule has 3 atom stereocenters. The number of nitrogens with zero attached hydrogens (tertiary/aromatic N) is 1. The van der Waals surface area contributed by atoms with Gasteiger partial charge in [-0.1, -0.05) is 0 Å². The van der Waals surface area contributed by atoms with E-state index in [9.17, 15) is 0 Å². The van der Waals surface area contributed by atoms with E-state index in [2.05, 4.69) is 6.92 Å². The van der Waals surface area contributed by atoms with Crippen LogP contribution in [0.5, 0.6) is 0 Å². The molecule has 0 aromatic rings. The van der Waals surface area contributed by atoms with Gasteiger partial charge in [-0.3, -0.25) is 5.84 Å². The second-order valence-electron chi connectivity index (χ2n) is 4.09. The summed E-state index contributed by atoms with van der Waals surface area (Å²) in [6, 6.07) is 0.541. The highest BCUT2D eigenvalue weighted by Gasteiger charge is 2.34. The fourth-order valence-electron chi connectivity index (χ4n) is 2.34. The molecule has 12 heavy (non-hydrogen) atoms. The maximum absolute atomic E-state index is 5.81. The molecule has 3 heteroatoms. The molecule has 0 aromatic carbocycles. The molecule has 0 saturated carbocycles. The zero-order valence-corrected chi connectivity index (χ0v) is 7.70. The standard InChI is InChI=1S/C9H18N2O/c1-7-5-8(6-11(7)10)9-3-2-4-12-9/h7-9H,2-6,10H2,1H3/t7-,8?,9?/m1/s1. The smallest absolute Gasteiger partial charge is 0.0617 e. The van der Waals surface area contributed by atoms with Gasteiger partial charge in [-0.15, -0.1) is 0 Å². The largest absolute Gasteiger partial charge is 0.378 e. The molecule has 70 valence electrons. The van der Waals surface area contributed by atoms with Crippen LogP contribution in [-0.2, 0) is 4.74 Å². The number of hydrogen-bond acceptors (Lipinski definition) is 3. The van der Waals surface area contributed by atoms with Gasteiger partial charge in [0.05, 0.1) is 6.10 Å². The van der Waals surface area contributed by atoms with Crippen molar-refractivity contribution in [3.05, 3.63) is 0 Å². The highest BCUT2D eigenvalue weighted by molar-refractivity contribution is 4.85. The summed E-state index contributed by atoms with van der Waals surface area (Å²) < 4.78 is 5.65. The van der Waals surface area contributed by atoms with Crippen molar-refractivity contribution in [3.63, 3.8) is 0 Å². The summed E-state index contributed by atoms with van der Waals surface area (Å²) in [5.74, 6) is 6.50. The lowest BCUT2D eigenvalue weighted by atomic mass is 9.97. The van der Waals surface area contributed by atoms with E-state index in [-0.39, 0.29) is 0 Å². The molecule has 0 amide bonds. The molecular weight excluding hydrogens is 152 g/mol. The second kappa shape index (κ2) is 3.32. The van der Waals surface area contributed by atoms with E-state index in [4.69, 9.17) is 10.6 Å². The molecule has 2 fully saturated rings. The highest BCUT2D eigenvalue weighted by atomic mass is 16.5. The fourth-order valence-corrected chi connectivity index (χ4v) is 2.34. The molecule has 0 bridgehead atoms. The molecule has 0 spiro atoms. The van der Waals surface area contributed by atoms with E-state index in [1.54, 1.807) is 0 Å².